The summed E-state index contributed by atoms with van der Waals surface area (Å²) in [5.41, 5.74) is 2.08. The summed E-state index contributed by atoms with van der Waals surface area (Å²) in [5.74, 6) is -0.496. The number of nitrogens with one attached hydrogen (secondary N) is 1. The van der Waals surface area contributed by atoms with Crippen LogP contribution in [0.25, 0.3) is 0 Å². The summed E-state index contributed by atoms with van der Waals surface area (Å²) >= 11 is 12.3. The molecule has 1 aliphatic carbocycles. The molecule has 2 N–H and O–H groups in total. The highest BCUT2D eigenvalue weighted by molar-refractivity contribution is 6.42. The standard InChI is InChI=1S/C19H21Cl2N3O3/c20-14-4-3-12(7-15(14)21)18-13(9-22-5-6-27-18)10-24-17(11-1-2-11)8-16(23-24)19(25)26/h3-4,7-8,11,13,18,22H,1-2,5-6,9-10H2,(H,25,26)/t13-,18-/m0/s1. The van der Waals surface area contributed by atoms with Crippen molar-refractivity contribution in [3.63, 3.8) is 0 Å². The molecule has 0 spiro atoms. The lowest BCUT2D eigenvalue weighted by molar-refractivity contribution is 0.0240. The summed E-state index contributed by atoms with van der Waals surface area (Å²) in [7, 11) is 0. The Morgan fingerprint density at radius 2 is 2.11 bits per heavy atom. The van der Waals surface area contributed by atoms with E-state index in [1.54, 1.807) is 12.1 Å². The Bertz CT molecular complexity index is 851. The number of benzene rings is 1. The zero-order valence-corrected chi connectivity index (χ0v) is 16.2. The van der Waals surface area contributed by atoms with E-state index in [9.17, 15) is 9.90 Å². The van der Waals surface area contributed by atoms with E-state index in [0.717, 1.165) is 37.2 Å². The molecule has 6 nitrogen and oxygen atoms in total. The summed E-state index contributed by atoms with van der Waals surface area (Å²) in [6.45, 7) is 2.69. The van der Waals surface area contributed by atoms with Gasteiger partial charge >= 0.3 is 5.97 Å². The van der Waals surface area contributed by atoms with Crippen molar-refractivity contribution in [1.82, 2.24) is 15.1 Å². The molecule has 2 aliphatic rings. The van der Waals surface area contributed by atoms with Crippen molar-refractivity contribution in [2.24, 2.45) is 5.92 Å². The first-order valence-corrected chi connectivity index (χ1v) is 9.87. The van der Waals surface area contributed by atoms with E-state index in [1.165, 1.54) is 0 Å². The molecule has 144 valence electrons. The molecular formula is C19H21Cl2N3O3. The van der Waals surface area contributed by atoms with Crippen molar-refractivity contribution in [3.05, 3.63) is 51.3 Å². The molecule has 0 unspecified atom stereocenters. The monoisotopic (exact) mass is 409 g/mol. The maximum atomic E-state index is 11.4. The van der Waals surface area contributed by atoms with E-state index in [4.69, 9.17) is 27.9 Å². The Balaban J connectivity index is 1.63. The lowest BCUT2D eigenvalue weighted by Gasteiger charge is -2.26. The molecule has 1 saturated carbocycles. The van der Waals surface area contributed by atoms with Gasteiger partial charge in [0.15, 0.2) is 5.69 Å². The number of carboxylic acids is 1. The number of carboxylic acid groups (broad SMARTS) is 1. The third-order valence-electron chi connectivity index (χ3n) is 5.12. The summed E-state index contributed by atoms with van der Waals surface area (Å²) < 4.78 is 7.97. The number of aromatic nitrogens is 2. The number of aromatic carboxylic acids is 1. The van der Waals surface area contributed by atoms with Gasteiger partial charge in [-0.05, 0) is 36.6 Å². The van der Waals surface area contributed by atoms with Crippen LogP contribution >= 0.6 is 23.2 Å². The molecule has 2 heterocycles. The molecule has 1 aliphatic heterocycles. The number of halogens is 2. The number of hydrogen-bond acceptors (Lipinski definition) is 4. The molecule has 1 aromatic heterocycles. The first kappa shape index (κ1) is 18.7. The molecule has 8 heteroatoms. The second kappa shape index (κ2) is 7.80. The van der Waals surface area contributed by atoms with Gasteiger partial charge in [0.05, 0.1) is 22.8 Å². The summed E-state index contributed by atoms with van der Waals surface area (Å²) in [4.78, 5) is 11.4. The lowest BCUT2D eigenvalue weighted by atomic mass is 9.95. The fourth-order valence-corrected chi connectivity index (χ4v) is 3.93. The molecule has 1 aromatic carbocycles. The topological polar surface area (TPSA) is 76.4 Å². The van der Waals surface area contributed by atoms with E-state index in [-0.39, 0.29) is 17.7 Å². The van der Waals surface area contributed by atoms with Gasteiger partial charge in [0.25, 0.3) is 0 Å². The van der Waals surface area contributed by atoms with Gasteiger partial charge in [-0.1, -0.05) is 29.3 Å². The minimum absolute atomic E-state index is 0.0868. The summed E-state index contributed by atoms with van der Waals surface area (Å²) in [6.07, 6.45) is 2.00. The van der Waals surface area contributed by atoms with Crippen molar-refractivity contribution in [1.29, 1.82) is 0 Å². The first-order chi connectivity index (χ1) is 13.0. The largest absolute Gasteiger partial charge is 0.476 e. The van der Waals surface area contributed by atoms with Gasteiger partial charge in [0.1, 0.15) is 0 Å². The van der Waals surface area contributed by atoms with E-state index in [0.29, 0.717) is 29.1 Å². The highest BCUT2D eigenvalue weighted by Crippen LogP contribution is 2.41. The van der Waals surface area contributed by atoms with Gasteiger partial charge in [0.2, 0.25) is 0 Å². The first-order valence-electron chi connectivity index (χ1n) is 9.11. The highest BCUT2D eigenvalue weighted by Gasteiger charge is 2.32. The molecule has 2 aromatic rings. The highest BCUT2D eigenvalue weighted by atomic mass is 35.5. The van der Waals surface area contributed by atoms with Crippen LogP contribution in [0.2, 0.25) is 10.0 Å². The molecule has 27 heavy (non-hydrogen) atoms. The average Bonchev–Trinajstić information content (AvgIpc) is 3.43. The van der Waals surface area contributed by atoms with Crippen LogP contribution in [0.3, 0.4) is 0 Å². The van der Waals surface area contributed by atoms with Gasteiger partial charge in [-0.25, -0.2) is 4.79 Å². The SMILES string of the molecule is O=C(O)c1cc(C2CC2)n(C[C@@H]2CNCCO[C@H]2c2ccc(Cl)c(Cl)c2)n1. The van der Waals surface area contributed by atoms with Gasteiger partial charge in [-0.3, -0.25) is 4.68 Å². The molecule has 0 radical (unpaired) electrons. The zero-order valence-electron chi connectivity index (χ0n) is 14.7. The zero-order chi connectivity index (χ0) is 19.0. The van der Waals surface area contributed by atoms with Crippen molar-refractivity contribution >= 4 is 29.2 Å². The third-order valence-corrected chi connectivity index (χ3v) is 5.86. The van der Waals surface area contributed by atoms with Crippen LogP contribution in [0, 0.1) is 5.92 Å². The summed E-state index contributed by atoms with van der Waals surface area (Å²) in [6, 6.07) is 7.27. The van der Waals surface area contributed by atoms with Crippen molar-refractivity contribution in [2.45, 2.75) is 31.4 Å². The van der Waals surface area contributed by atoms with Crippen LogP contribution in [0.1, 0.15) is 46.6 Å². The normalized spacial score (nSPS) is 23.2. The molecule has 2 fully saturated rings. The van der Waals surface area contributed by atoms with Crippen LogP contribution in [-0.2, 0) is 11.3 Å². The maximum Gasteiger partial charge on any atom is 0.356 e. The van der Waals surface area contributed by atoms with Gasteiger partial charge < -0.3 is 15.2 Å². The Hall–Kier alpha value is -1.60. The number of hydrogen-bond donors (Lipinski definition) is 2. The number of carbonyl (C=O) groups is 1. The second-order valence-corrected chi connectivity index (χ2v) is 7.96. The Morgan fingerprint density at radius 1 is 1.30 bits per heavy atom. The van der Waals surface area contributed by atoms with Crippen LogP contribution in [-0.4, -0.2) is 40.6 Å². The molecule has 4 rings (SSSR count). The molecule has 0 bridgehead atoms. The van der Waals surface area contributed by atoms with Crippen LogP contribution < -0.4 is 5.32 Å². The Morgan fingerprint density at radius 3 is 2.81 bits per heavy atom. The number of rotatable bonds is 5. The number of ether oxygens (including phenoxy) is 1. The minimum Gasteiger partial charge on any atom is -0.476 e. The molecule has 0 amide bonds. The van der Waals surface area contributed by atoms with Crippen LogP contribution in [0.5, 0.6) is 0 Å². The Kier molecular flexibility index (Phi) is 5.41. The molecule has 1 saturated heterocycles. The quantitative estimate of drug-likeness (QED) is 0.786. The number of nitrogens with zero attached hydrogens (tertiary/aromatic N) is 2. The smallest absolute Gasteiger partial charge is 0.356 e. The predicted octanol–water partition coefficient (Wildman–Crippen LogP) is 3.74. The van der Waals surface area contributed by atoms with Gasteiger partial charge in [-0.2, -0.15) is 5.10 Å². The van der Waals surface area contributed by atoms with Gasteiger partial charge in [0, 0.05) is 37.2 Å². The van der Waals surface area contributed by atoms with E-state index in [2.05, 4.69) is 10.4 Å². The fraction of sp³-hybridized carbons (Fsp3) is 0.474. The van der Waals surface area contributed by atoms with Crippen molar-refractivity contribution in [3.8, 4) is 0 Å². The van der Waals surface area contributed by atoms with E-state index < -0.39 is 5.97 Å². The second-order valence-electron chi connectivity index (χ2n) is 7.15. The van der Waals surface area contributed by atoms with Crippen LogP contribution in [0.4, 0.5) is 0 Å². The summed E-state index contributed by atoms with van der Waals surface area (Å²) in [5, 5.41) is 18.1. The van der Waals surface area contributed by atoms with Crippen molar-refractivity contribution < 1.29 is 14.6 Å². The molecule has 2 atom stereocenters. The van der Waals surface area contributed by atoms with Crippen LogP contribution in [0.15, 0.2) is 24.3 Å². The third kappa shape index (κ3) is 4.14. The Labute approximate surface area is 167 Å². The fourth-order valence-electron chi connectivity index (χ4n) is 3.62. The minimum atomic E-state index is -0.994. The van der Waals surface area contributed by atoms with E-state index in [1.807, 2.05) is 16.8 Å². The average molecular weight is 410 g/mol. The van der Waals surface area contributed by atoms with Gasteiger partial charge in [-0.15, -0.1) is 0 Å². The van der Waals surface area contributed by atoms with E-state index >= 15 is 0 Å². The predicted molar refractivity (Wildman–Crippen MR) is 103 cm³/mol. The molecular weight excluding hydrogens is 389 g/mol. The van der Waals surface area contributed by atoms with Crippen molar-refractivity contribution in [2.75, 3.05) is 19.7 Å². The maximum absolute atomic E-state index is 11.4. The lowest BCUT2D eigenvalue weighted by Crippen LogP contribution is -2.29.